The summed E-state index contributed by atoms with van der Waals surface area (Å²) in [7, 11) is 0. The van der Waals surface area contributed by atoms with Crippen molar-refractivity contribution in [2.45, 2.75) is 26.7 Å². The van der Waals surface area contributed by atoms with Crippen LogP contribution in [0.3, 0.4) is 0 Å². The fraction of sp³-hybridized carbons (Fsp3) is 0.700. The maximum atomic E-state index is 10.6. The van der Waals surface area contributed by atoms with Gasteiger partial charge in [-0.25, -0.2) is 0 Å². The summed E-state index contributed by atoms with van der Waals surface area (Å²) >= 11 is 0. The SMILES string of the molecule is CC=CCCC(C)C(CO)C(=O)O. The normalized spacial score (nSPS) is 15.9. The Morgan fingerprint density at radius 1 is 1.54 bits per heavy atom. The maximum Gasteiger partial charge on any atom is 0.309 e. The zero-order valence-electron chi connectivity index (χ0n) is 8.23. The van der Waals surface area contributed by atoms with Gasteiger partial charge in [0.15, 0.2) is 0 Å². The largest absolute Gasteiger partial charge is 0.481 e. The number of hydrogen-bond donors (Lipinski definition) is 2. The molecule has 0 fully saturated rings. The highest BCUT2D eigenvalue weighted by atomic mass is 16.4. The van der Waals surface area contributed by atoms with Gasteiger partial charge in [0.2, 0.25) is 0 Å². The average Bonchev–Trinajstić information content (AvgIpc) is 2.05. The molecule has 2 unspecified atom stereocenters. The molecule has 2 atom stereocenters. The fourth-order valence-electron chi connectivity index (χ4n) is 1.23. The third kappa shape index (κ3) is 4.68. The standard InChI is InChI=1S/C10H18O3/c1-3-4-5-6-8(2)9(7-11)10(12)13/h3-4,8-9,11H,5-7H2,1-2H3,(H,12,13). The quantitative estimate of drug-likeness (QED) is 0.620. The van der Waals surface area contributed by atoms with Crippen LogP contribution in [-0.2, 0) is 4.79 Å². The van der Waals surface area contributed by atoms with Crippen LogP contribution >= 0.6 is 0 Å². The smallest absolute Gasteiger partial charge is 0.309 e. The molecule has 0 aromatic carbocycles. The summed E-state index contributed by atoms with van der Waals surface area (Å²) in [6.45, 7) is 3.52. The van der Waals surface area contributed by atoms with Crippen molar-refractivity contribution in [1.29, 1.82) is 0 Å². The lowest BCUT2D eigenvalue weighted by atomic mass is 9.91. The first-order valence-corrected chi connectivity index (χ1v) is 4.58. The summed E-state index contributed by atoms with van der Waals surface area (Å²) in [5.41, 5.74) is 0. The van der Waals surface area contributed by atoms with Crippen LogP contribution in [0.25, 0.3) is 0 Å². The molecule has 0 aromatic heterocycles. The molecular weight excluding hydrogens is 168 g/mol. The summed E-state index contributed by atoms with van der Waals surface area (Å²) in [5.74, 6) is -1.50. The number of hydrogen-bond acceptors (Lipinski definition) is 2. The number of aliphatic carboxylic acids is 1. The molecule has 0 aliphatic rings. The van der Waals surface area contributed by atoms with Crippen LogP contribution in [0, 0.1) is 11.8 Å². The first-order valence-electron chi connectivity index (χ1n) is 4.58. The van der Waals surface area contributed by atoms with Crippen molar-refractivity contribution < 1.29 is 15.0 Å². The van der Waals surface area contributed by atoms with E-state index in [1.807, 2.05) is 26.0 Å². The van der Waals surface area contributed by atoms with Gasteiger partial charge in [0.1, 0.15) is 0 Å². The van der Waals surface area contributed by atoms with Crippen LogP contribution in [-0.4, -0.2) is 22.8 Å². The van der Waals surface area contributed by atoms with Gasteiger partial charge in [-0.2, -0.15) is 0 Å². The molecule has 0 spiro atoms. The van der Waals surface area contributed by atoms with Crippen LogP contribution in [0.15, 0.2) is 12.2 Å². The van der Waals surface area contributed by atoms with Crippen molar-refractivity contribution in [3.8, 4) is 0 Å². The lowest BCUT2D eigenvalue weighted by Crippen LogP contribution is -2.25. The van der Waals surface area contributed by atoms with Crippen molar-refractivity contribution >= 4 is 5.97 Å². The maximum absolute atomic E-state index is 10.6. The molecule has 13 heavy (non-hydrogen) atoms. The van der Waals surface area contributed by atoms with Crippen LogP contribution in [0.2, 0.25) is 0 Å². The van der Waals surface area contributed by atoms with Gasteiger partial charge in [0.25, 0.3) is 0 Å². The Morgan fingerprint density at radius 3 is 2.54 bits per heavy atom. The molecule has 0 heterocycles. The average molecular weight is 186 g/mol. The van der Waals surface area contributed by atoms with E-state index in [1.54, 1.807) is 0 Å². The summed E-state index contributed by atoms with van der Waals surface area (Å²) in [4.78, 5) is 10.6. The zero-order valence-corrected chi connectivity index (χ0v) is 8.23. The van der Waals surface area contributed by atoms with E-state index in [0.29, 0.717) is 0 Å². The summed E-state index contributed by atoms with van der Waals surface area (Å²) in [5, 5.41) is 17.5. The molecule has 0 aliphatic carbocycles. The Morgan fingerprint density at radius 2 is 2.15 bits per heavy atom. The van der Waals surface area contributed by atoms with Crippen molar-refractivity contribution in [3.63, 3.8) is 0 Å². The first kappa shape index (κ1) is 12.2. The predicted molar refractivity (Wildman–Crippen MR) is 51.4 cm³/mol. The third-order valence-corrected chi connectivity index (χ3v) is 2.23. The van der Waals surface area contributed by atoms with E-state index in [-0.39, 0.29) is 12.5 Å². The van der Waals surface area contributed by atoms with Gasteiger partial charge in [0.05, 0.1) is 12.5 Å². The topological polar surface area (TPSA) is 57.5 Å². The van der Waals surface area contributed by atoms with Crippen LogP contribution in [0.4, 0.5) is 0 Å². The second-order valence-electron chi connectivity index (χ2n) is 3.25. The molecular formula is C10H18O3. The molecule has 0 aromatic rings. The highest BCUT2D eigenvalue weighted by Crippen LogP contribution is 2.17. The van der Waals surface area contributed by atoms with Crippen LogP contribution < -0.4 is 0 Å². The Hall–Kier alpha value is -0.830. The van der Waals surface area contributed by atoms with E-state index in [0.717, 1.165) is 12.8 Å². The van der Waals surface area contributed by atoms with E-state index in [4.69, 9.17) is 10.2 Å². The molecule has 3 nitrogen and oxygen atoms in total. The molecule has 0 rings (SSSR count). The predicted octanol–water partition coefficient (Wildman–Crippen LogP) is 1.67. The number of carbonyl (C=O) groups is 1. The molecule has 0 radical (unpaired) electrons. The second-order valence-corrected chi connectivity index (χ2v) is 3.25. The molecule has 3 heteroatoms. The van der Waals surface area contributed by atoms with Crippen molar-refractivity contribution in [1.82, 2.24) is 0 Å². The number of aliphatic hydroxyl groups excluding tert-OH is 1. The molecule has 0 saturated heterocycles. The van der Waals surface area contributed by atoms with Gasteiger partial charge in [-0.3, -0.25) is 4.79 Å². The van der Waals surface area contributed by atoms with Crippen molar-refractivity contribution in [2.75, 3.05) is 6.61 Å². The minimum Gasteiger partial charge on any atom is -0.481 e. The van der Waals surface area contributed by atoms with Gasteiger partial charge in [-0.1, -0.05) is 19.1 Å². The Balaban J connectivity index is 3.91. The molecule has 0 aliphatic heterocycles. The molecule has 0 amide bonds. The van der Waals surface area contributed by atoms with E-state index < -0.39 is 11.9 Å². The third-order valence-electron chi connectivity index (χ3n) is 2.23. The minimum atomic E-state index is -0.907. The van der Waals surface area contributed by atoms with E-state index in [9.17, 15) is 4.79 Å². The van der Waals surface area contributed by atoms with E-state index in [1.165, 1.54) is 0 Å². The van der Waals surface area contributed by atoms with Crippen molar-refractivity contribution in [2.24, 2.45) is 11.8 Å². The number of carboxylic acid groups (broad SMARTS) is 1. The van der Waals surface area contributed by atoms with E-state index >= 15 is 0 Å². The summed E-state index contributed by atoms with van der Waals surface area (Å²) in [6, 6.07) is 0. The Labute approximate surface area is 79.1 Å². The number of aliphatic hydroxyl groups is 1. The highest BCUT2D eigenvalue weighted by Gasteiger charge is 2.22. The molecule has 76 valence electrons. The number of carboxylic acids is 1. The molecule has 2 N–H and O–H groups in total. The van der Waals surface area contributed by atoms with Gasteiger partial charge in [-0.15, -0.1) is 0 Å². The van der Waals surface area contributed by atoms with Crippen LogP contribution in [0.1, 0.15) is 26.7 Å². The summed E-state index contributed by atoms with van der Waals surface area (Å²) in [6.07, 6.45) is 5.64. The van der Waals surface area contributed by atoms with Gasteiger partial charge < -0.3 is 10.2 Å². The minimum absolute atomic E-state index is 0.0266. The Bertz CT molecular complexity index is 175. The second kappa shape index (κ2) is 6.66. The zero-order chi connectivity index (χ0) is 10.3. The molecule has 0 saturated carbocycles. The fourth-order valence-corrected chi connectivity index (χ4v) is 1.23. The Kier molecular flexibility index (Phi) is 6.24. The summed E-state index contributed by atoms with van der Waals surface area (Å²) < 4.78 is 0. The van der Waals surface area contributed by atoms with Crippen molar-refractivity contribution in [3.05, 3.63) is 12.2 Å². The highest BCUT2D eigenvalue weighted by molar-refractivity contribution is 5.70. The van der Waals surface area contributed by atoms with Gasteiger partial charge in [0, 0.05) is 0 Å². The monoisotopic (exact) mass is 186 g/mol. The molecule has 0 bridgehead atoms. The lowest BCUT2D eigenvalue weighted by Gasteiger charge is -2.16. The number of allylic oxidation sites excluding steroid dienone is 2. The van der Waals surface area contributed by atoms with Gasteiger partial charge >= 0.3 is 5.97 Å². The number of rotatable bonds is 6. The first-order chi connectivity index (χ1) is 6.13. The van der Waals surface area contributed by atoms with Gasteiger partial charge in [-0.05, 0) is 25.7 Å². The van der Waals surface area contributed by atoms with Crippen LogP contribution in [0.5, 0.6) is 0 Å². The van der Waals surface area contributed by atoms with E-state index in [2.05, 4.69) is 0 Å². The lowest BCUT2D eigenvalue weighted by molar-refractivity contribution is -0.145.